The van der Waals surface area contributed by atoms with Crippen LogP contribution in [0.25, 0.3) is 0 Å². The third kappa shape index (κ3) is 5.04. The molecule has 1 fully saturated rings. The summed E-state index contributed by atoms with van der Waals surface area (Å²) in [5.74, 6) is -1.50. The second-order valence-electron chi connectivity index (χ2n) is 7.83. The van der Waals surface area contributed by atoms with Gasteiger partial charge in [-0.25, -0.2) is 17.2 Å². The molecule has 172 valence electrons. The number of carbonyl (C=O) groups excluding carboxylic acids is 1. The van der Waals surface area contributed by atoms with E-state index in [1.54, 1.807) is 25.1 Å². The number of piperazine rings is 1. The van der Waals surface area contributed by atoms with Gasteiger partial charge < -0.3 is 10.2 Å². The quantitative estimate of drug-likeness (QED) is 0.610. The first-order valence-electron chi connectivity index (χ1n) is 10.4. The number of halogens is 2. The van der Waals surface area contributed by atoms with E-state index < -0.39 is 21.7 Å². The van der Waals surface area contributed by atoms with Crippen molar-refractivity contribution in [2.24, 2.45) is 0 Å². The van der Waals surface area contributed by atoms with Crippen molar-refractivity contribution < 1.29 is 22.0 Å². The largest absolute Gasteiger partial charge is 0.369 e. The fourth-order valence-corrected chi connectivity index (χ4v) is 5.18. The fourth-order valence-electron chi connectivity index (χ4n) is 3.71. The van der Waals surface area contributed by atoms with Gasteiger partial charge in [-0.05, 0) is 67.1 Å². The topological polar surface area (TPSA) is 69.7 Å². The van der Waals surface area contributed by atoms with Crippen molar-refractivity contribution in [3.8, 4) is 0 Å². The molecule has 0 unspecified atom stereocenters. The van der Waals surface area contributed by atoms with E-state index in [0.717, 1.165) is 11.3 Å². The summed E-state index contributed by atoms with van der Waals surface area (Å²) in [6, 6.07) is 16.1. The number of anilines is 2. The molecule has 9 heteroatoms. The van der Waals surface area contributed by atoms with Gasteiger partial charge in [-0.2, -0.15) is 4.31 Å². The number of amides is 1. The predicted molar refractivity (Wildman–Crippen MR) is 123 cm³/mol. The maximum absolute atomic E-state index is 14.0. The van der Waals surface area contributed by atoms with E-state index in [0.29, 0.717) is 13.1 Å². The first kappa shape index (κ1) is 22.9. The Morgan fingerprint density at radius 2 is 1.61 bits per heavy atom. The number of nitrogens with one attached hydrogen (secondary N) is 1. The van der Waals surface area contributed by atoms with Gasteiger partial charge in [-0.15, -0.1) is 0 Å². The van der Waals surface area contributed by atoms with Crippen molar-refractivity contribution in [2.75, 3.05) is 36.4 Å². The Morgan fingerprint density at radius 3 is 2.30 bits per heavy atom. The van der Waals surface area contributed by atoms with Crippen LogP contribution in [0, 0.1) is 18.6 Å². The van der Waals surface area contributed by atoms with Crippen LogP contribution in [0.2, 0.25) is 0 Å². The van der Waals surface area contributed by atoms with Gasteiger partial charge in [0.15, 0.2) is 0 Å². The number of benzene rings is 3. The molecule has 1 heterocycles. The van der Waals surface area contributed by atoms with Gasteiger partial charge >= 0.3 is 0 Å². The first-order chi connectivity index (χ1) is 15.7. The van der Waals surface area contributed by atoms with Gasteiger partial charge in [0.2, 0.25) is 10.0 Å². The number of aryl methyl sites for hydroxylation is 1. The van der Waals surface area contributed by atoms with E-state index in [9.17, 15) is 22.0 Å². The summed E-state index contributed by atoms with van der Waals surface area (Å²) in [5.41, 5.74) is 1.76. The molecule has 0 bridgehead atoms. The third-order valence-electron chi connectivity index (χ3n) is 5.53. The van der Waals surface area contributed by atoms with Crippen molar-refractivity contribution in [2.45, 2.75) is 11.8 Å². The Hall–Kier alpha value is -3.30. The van der Waals surface area contributed by atoms with Crippen LogP contribution in [0.1, 0.15) is 15.9 Å². The van der Waals surface area contributed by atoms with Crippen LogP contribution in [-0.4, -0.2) is 44.8 Å². The van der Waals surface area contributed by atoms with E-state index >= 15 is 0 Å². The van der Waals surface area contributed by atoms with Gasteiger partial charge in [-0.1, -0.05) is 12.1 Å². The van der Waals surface area contributed by atoms with Crippen molar-refractivity contribution in [1.29, 1.82) is 0 Å². The molecule has 0 spiro atoms. The summed E-state index contributed by atoms with van der Waals surface area (Å²) in [6.45, 7) is 3.20. The van der Waals surface area contributed by atoms with Crippen molar-refractivity contribution in [1.82, 2.24) is 4.31 Å². The van der Waals surface area contributed by atoms with Crippen LogP contribution >= 0.6 is 0 Å². The van der Waals surface area contributed by atoms with Crippen molar-refractivity contribution >= 4 is 27.3 Å². The maximum Gasteiger partial charge on any atom is 0.255 e. The Morgan fingerprint density at radius 1 is 0.909 bits per heavy atom. The highest BCUT2D eigenvalue weighted by molar-refractivity contribution is 7.89. The fraction of sp³-hybridized carbons (Fsp3) is 0.208. The van der Waals surface area contributed by atoms with E-state index in [1.165, 1.54) is 52.8 Å². The molecular weight excluding hydrogens is 448 g/mol. The average Bonchev–Trinajstić information content (AvgIpc) is 2.82. The molecule has 3 aromatic rings. The van der Waals surface area contributed by atoms with Crippen molar-refractivity contribution in [3.05, 3.63) is 89.5 Å². The van der Waals surface area contributed by atoms with E-state index in [2.05, 4.69) is 5.32 Å². The van der Waals surface area contributed by atoms with E-state index in [4.69, 9.17) is 0 Å². The lowest BCUT2D eigenvalue weighted by atomic mass is 10.2. The molecule has 33 heavy (non-hydrogen) atoms. The van der Waals surface area contributed by atoms with Crippen LogP contribution in [-0.2, 0) is 10.0 Å². The molecule has 0 aliphatic carbocycles. The zero-order valence-electron chi connectivity index (χ0n) is 18.0. The van der Waals surface area contributed by atoms with Crippen molar-refractivity contribution in [3.63, 3.8) is 0 Å². The molecule has 1 aliphatic heterocycles. The number of nitrogens with zero attached hydrogens (tertiary/aromatic N) is 2. The Bertz CT molecular complexity index is 1270. The minimum absolute atomic E-state index is 0.00454. The summed E-state index contributed by atoms with van der Waals surface area (Å²) in [5, 5.41) is 2.50. The number of rotatable bonds is 5. The lowest BCUT2D eigenvalue weighted by Crippen LogP contribution is -2.48. The van der Waals surface area contributed by atoms with Crippen LogP contribution in [0.5, 0.6) is 0 Å². The highest BCUT2D eigenvalue weighted by Gasteiger charge is 2.29. The first-order valence-corrected chi connectivity index (χ1v) is 11.9. The van der Waals surface area contributed by atoms with Gasteiger partial charge in [0.25, 0.3) is 5.91 Å². The molecule has 6 nitrogen and oxygen atoms in total. The number of hydrogen-bond donors (Lipinski definition) is 1. The summed E-state index contributed by atoms with van der Waals surface area (Å²) < 4.78 is 54.9. The lowest BCUT2D eigenvalue weighted by molar-refractivity contribution is 0.102. The number of carbonyl (C=O) groups is 1. The highest BCUT2D eigenvalue weighted by atomic mass is 32.2. The maximum atomic E-state index is 14.0. The number of sulfonamides is 1. The molecule has 0 saturated carbocycles. The third-order valence-corrected chi connectivity index (χ3v) is 7.43. The Balaban J connectivity index is 1.47. The second-order valence-corrected chi connectivity index (χ2v) is 9.77. The molecule has 1 aliphatic rings. The lowest BCUT2D eigenvalue weighted by Gasteiger charge is -2.35. The minimum atomic E-state index is -3.83. The molecule has 1 N–H and O–H groups in total. The summed E-state index contributed by atoms with van der Waals surface area (Å²) in [4.78, 5) is 14.6. The second kappa shape index (κ2) is 9.29. The molecular formula is C24H23F2N3O3S. The van der Waals surface area contributed by atoms with Gasteiger partial charge in [0.1, 0.15) is 11.6 Å². The smallest absolute Gasteiger partial charge is 0.255 e. The molecule has 1 saturated heterocycles. The standard InChI is InChI=1S/C24H23F2N3O3S/c1-17-5-10-22(26)23(15-17)27-24(30)18-3-2-4-21(16-18)33(31,32)29-13-11-28(12-14-29)20-8-6-19(25)7-9-20/h2-10,15-16H,11-14H2,1H3,(H,27,30). The van der Waals surface area contributed by atoms with Crippen LogP contribution in [0.4, 0.5) is 20.2 Å². The summed E-state index contributed by atoms with van der Waals surface area (Å²) >= 11 is 0. The summed E-state index contributed by atoms with van der Waals surface area (Å²) in [7, 11) is -3.83. The zero-order valence-corrected chi connectivity index (χ0v) is 18.8. The molecule has 0 atom stereocenters. The van der Waals surface area contributed by atoms with E-state index in [1.807, 2.05) is 4.90 Å². The summed E-state index contributed by atoms with van der Waals surface area (Å²) in [6.07, 6.45) is 0. The minimum Gasteiger partial charge on any atom is -0.369 e. The van der Waals surface area contributed by atoms with Crippen LogP contribution < -0.4 is 10.2 Å². The number of hydrogen-bond acceptors (Lipinski definition) is 4. The monoisotopic (exact) mass is 471 g/mol. The van der Waals surface area contributed by atoms with E-state index in [-0.39, 0.29) is 35.1 Å². The zero-order chi connectivity index (χ0) is 23.6. The van der Waals surface area contributed by atoms with Gasteiger partial charge in [0.05, 0.1) is 10.6 Å². The molecule has 3 aromatic carbocycles. The van der Waals surface area contributed by atoms with Gasteiger partial charge in [-0.3, -0.25) is 4.79 Å². The Kier molecular flexibility index (Phi) is 6.44. The van der Waals surface area contributed by atoms with Crippen LogP contribution in [0.15, 0.2) is 71.6 Å². The molecule has 0 radical (unpaired) electrons. The highest BCUT2D eigenvalue weighted by Crippen LogP contribution is 2.23. The molecule has 4 rings (SSSR count). The molecule has 0 aromatic heterocycles. The predicted octanol–water partition coefficient (Wildman–Crippen LogP) is 4.04. The average molecular weight is 472 g/mol. The SMILES string of the molecule is Cc1ccc(F)c(NC(=O)c2cccc(S(=O)(=O)N3CCN(c4ccc(F)cc4)CC3)c2)c1. The molecule has 1 amide bonds. The normalized spacial score (nSPS) is 14.8. The Labute approximate surface area is 191 Å². The van der Waals surface area contributed by atoms with Crippen LogP contribution in [0.3, 0.4) is 0 Å². The van der Waals surface area contributed by atoms with Gasteiger partial charge in [0, 0.05) is 37.4 Å².